The number of nitrogens with zero attached hydrogens (tertiary/aromatic N) is 1. The quantitative estimate of drug-likeness (QED) is 0.348. The third kappa shape index (κ3) is 6.97. The molecule has 0 bridgehead atoms. The van der Waals surface area contributed by atoms with Crippen LogP contribution >= 0.6 is 35.6 Å². The maximum Gasteiger partial charge on any atom is 0.191 e. The van der Waals surface area contributed by atoms with E-state index in [-0.39, 0.29) is 29.7 Å². The lowest BCUT2D eigenvalue weighted by Crippen LogP contribution is -2.38. The highest BCUT2D eigenvalue weighted by Gasteiger charge is 2.01. The minimum Gasteiger partial charge on any atom is -0.508 e. The van der Waals surface area contributed by atoms with E-state index in [1.54, 1.807) is 12.1 Å². The highest BCUT2D eigenvalue weighted by Crippen LogP contribution is 2.15. The predicted molar refractivity (Wildman–Crippen MR) is 111 cm³/mol. The Bertz CT molecular complexity index is 664. The largest absolute Gasteiger partial charge is 0.508 e. The van der Waals surface area contributed by atoms with Gasteiger partial charge >= 0.3 is 0 Å². The normalized spacial score (nSPS) is 10.8. The molecule has 0 heterocycles. The molecule has 0 saturated carbocycles. The third-order valence-corrected chi connectivity index (χ3v) is 3.69. The van der Waals surface area contributed by atoms with Crippen LogP contribution in [0, 0.1) is 0 Å². The minimum absolute atomic E-state index is 0. The Morgan fingerprint density at radius 1 is 1.12 bits per heavy atom. The summed E-state index contributed by atoms with van der Waals surface area (Å²) >= 11 is 6.16. The van der Waals surface area contributed by atoms with Gasteiger partial charge in [0.1, 0.15) is 5.75 Å². The molecule has 0 aliphatic heterocycles. The Kier molecular flexibility index (Phi) is 9.56. The molecule has 0 spiro atoms. The summed E-state index contributed by atoms with van der Waals surface area (Å²) in [6, 6.07) is 15.0. The Morgan fingerprint density at radius 2 is 1.92 bits per heavy atom. The van der Waals surface area contributed by atoms with E-state index in [2.05, 4.69) is 15.6 Å². The first-order valence-electron chi connectivity index (χ1n) is 7.72. The predicted octanol–water partition coefficient (Wildman–Crippen LogP) is 3.96. The van der Waals surface area contributed by atoms with E-state index >= 15 is 0 Å². The molecule has 2 rings (SSSR count). The Labute approximate surface area is 165 Å². The van der Waals surface area contributed by atoms with Crippen molar-refractivity contribution in [3.8, 4) is 5.75 Å². The molecule has 0 aromatic heterocycles. The van der Waals surface area contributed by atoms with Crippen LogP contribution in [0.5, 0.6) is 5.75 Å². The third-order valence-electron chi connectivity index (χ3n) is 3.32. The van der Waals surface area contributed by atoms with Crippen LogP contribution in [0.3, 0.4) is 0 Å². The van der Waals surface area contributed by atoms with Crippen LogP contribution in [0.25, 0.3) is 0 Å². The van der Waals surface area contributed by atoms with Gasteiger partial charge in [-0.1, -0.05) is 41.9 Å². The molecule has 3 N–H and O–H groups in total. The van der Waals surface area contributed by atoms with E-state index in [9.17, 15) is 5.11 Å². The molecule has 2 aromatic carbocycles. The van der Waals surface area contributed by atoms with Gasteiger partial charge in [0.2, 0.25) is 0 Å². The zero-order chi connectivity index (χ0) is 16.5. The van der Waals surface area contributed by atoms with Gasteiger partial charge in [0, 0.05) is 18.1 Å². The van der Waals surface area contributed by atoms with Gasteiger partial charge in [-0.25, -0.2) is 4.99 Å². The van der Waals surface area contributed by atoms with E-state index in [1.165, 1.54) is 0 Å². The second-order valence-electron chi connectivity index (χ2n) is 5.13. The Morgan fingerprint density at radius 3 is 2.62 bits per heavy atom. The molecule has 0 atom stereocenters. The summed E-state index contributed by atoms with van der Waals surface area (Å²) in [5, 5.41) is 16.8. The summed E-state index contributed by atoms with van der Waals surface area (Å²) < 4.78 is 0. The van der Waals surface area contributed by atoms with Crippen molar-refractivity contribution in [3.05, 3.63) is 64.7 Å². The number of phenols is 1. The average Bonchev–Trinajstić information content (AvgIpc) is 2.54. The van der Waals surface area contributed by atoms with E-state index in [0.29, 0.717) is 6.54 Å². The fourth-order valence-electron chi connectivity index (χ4n) is 2.18. The number of hydrogen-bond acceptors (Lipinski definition) is 2. The first kappa shape index (κ1) is 20.6. The summed E-state index contributed by atoms with van der Waals surface area (Å²) in [5.74, 6) is 1.01. The van der Waals surface area contributed by atoms with Crippen molar-refractivity contribution in [3.63, 3.8) is 0 Å². The zero-order valence-electron chi connectivity index (χ0n) is 13.6. The number of aromatic hydroxyl groups is 1. The van der Waals surface area contributed by atoms with E-state index < -0.39 is 0 Å². The van der Waals surface area contributed by atoms with E-state index in [0.717, 1.165) is 41.6 Å². The van der Waals surface area contributed by atoms with Gasteiger partial charge in [0.25, 0.3) is 0 Å². The first-order valence-corrected chi connectivity index (χ1v) is 8.10. The molecular formula is C18H23ClIN3O. The average molecular weight is 460 g/mol. The molecule has 0 radical (unpaired) electrons. The summed E-state index contributed by atoms with van der Waals surface area (Å²) in [7, 11) is 0. The summed E-state index contributed by atoms with van der Waals surface area (Å²) in [6.45, 7) is 4.07. The van der Waals surface area contributed by atoms with Crippen LogP contribution in [-0.4, -0.2) is 24.2 Å². The Hall–Kier alpha value is -1.47. The molecule has 130 valence electrons. The summed E-state index contributed by atoms with van der Waals surface area (Å²) in [6.07, 6.45) is 0.830. The molecule has 0 fully saturated rings. The number of aliphatic imine (C=N–C) groups is 1. The number of hydrogen-bond donors (Lipinski definition) is 3. The van der Waals surface area contributed by atoms with E-state index in [4.69, 9.17) is 11.6 Å². The van der Waals surface area contributed by atoms with Gasteiger partial charge in [-0.2, -0.15) is 0 Å². The van der Waals surface area contributed by atoms with Crippen molar-refractivity contribution < 1.29 is 5.11 Å². The van der Waals surface area contributed by atoms with Crippen molar-refractivity contribution in [1.82, 2.24) is 10.6 Å². The molecule has 0 unspecified atom stereocenters. The number of benzene rings is 2. The molecule has 24 heavy (non-hydrogen) atoms. The molecule has 4 nitrogen and oxygen atoms in total. The van der Waals surface area contributed by atoms with Crippen LogP contribution in [0.2, 0.25) is 5.02 Å². The number of nitrogens with one attached hydrogen (secondary N) is 2. The number of halogens is 2. The number of phenolic OH excluding ortho intramolecular Hbond substituents is 1. The van der Waals surface area contributed by atoms with Crippen molar-refractivity contribution in [2.75, 3.05) is 13.1 Å². The SMILES string of the molecule is CCNC(=NCc1cccc(O)c1)NCCc1ccccc1Cl.I. The molecule has 0 aliphatic carbocycles. The molecule has 0 amide bonds. The number of rotatable bonds is 6. The lowest BCUT2D eigenvalue weighted by atomic mass is 10.1. The highest BCUT2D eigenvalue weighted by atomic mass is 127. The van der Waals surface area contributed by atoms with Crippen molar-refractivity contribution >= 4 is 41.5 Å². The monoisotopic (exact) mass is 459 g/mol. The van der Waals surface area contributed by atoms with Crippen molar-refractivity contribution in [1.29, 1.82) is 0 Å². The Balaban J connectivity index is 0.00000288. The van der Waals surface area contributed by atoms with Crippen LogP contribution < -0.4 is 10.6 Å². The van der Waals surface area contributed by atoms with Gasteiger partial charge in [0.05, 0.1) is 6.54 Å². The van der Waals surface area contributed by atoms with Crippen LogP contribution in [0.15, 0.2) is 53.5 Å². The van der Waals surface area contributed by atoms with E-state index in [1.807, 2.05) is 43.3 Å². The molecular weight excluding hydrogens is 437 g/mol. The van der Waals surface area contributed by atoms with Crippen LogP contribution in [0.4, 0.5) is 0 Å². The fourth-order valence-corrected chi connectivity index (χ4v) is 2.41. The minimum atomic E-state index is 0. The summed E-state index contributed by atoms with van der Waals surface area (Å²) in [4.78, 5) is 4.53. The fraction of sp³-hybridized carbons (Fsp3) is 0.278. The van der Waals surface area contributed by atoms with Gasteiger partial charge in [-0.15, -0.1) is 24.0 Å². The van der Waals surface area contributed by atoms with Gasteiger partial charge < -0.3 is 15.7 Å². The lowest BCUT2D eigenvalue weighted by Gasteiger charge is -2.12. The smallest absolute Gasteiger partial charge is 0.191 e. The van der Waals surface area contributed by atoms with Crippen LogP contribution in [-0.2, 0) is 13.0 Å². The standard InChI is InChI=1S/C18H22ClN3O.HI/c1-2-20-18(22-13-14-6-5-8-16(23)12-14)21-11-10-15-7-3-4-9-17(15)19;/h3-9,12,23H,2,10-11,13H2,1H3,(H2,20,21,22);1H. The van der Waals surface area contributed by atoms with Gasteiger partial charge in [-0.05, 0) is 42.7 Å². The number of guanidine groups is 1. The first-order chi connectivity index (χ1) is 11.2. The van der Waals surface area contributed by atoms with Gasteiger partial charge in [-0.3, -0.25) is 0 Å². The zero-order valence-corrected chi connectivity index (χ0v) is 16.7. The molecule has 6 heteroatoms. The second-order valence-corrected chi connectivity index (χ2v) is 5.54. The second kappa shape index (κ2) is 11.1. The highest BCUT2D eigenvalue weighted by molar-refractivity contribution is 14.0. The van der Waals surface area contributed by atoms with Crippen LogP contribution in [0.1, 0.15) is 18.1 Å². The molecule has 2 aromatic rings. The molecule has 0 saturated heterocycles. The maximum absolute atomic E-state index is 9.48. The van der Waals surface area contributed by atoms with Crippen molar-refractivity contribution in [2.45, 2.75) is 19.9 Å². The summed E-state index contributed by atoms with van der Waals surface area (Å²) in [5.41, 5.74) is 2.08. The maximum atomic E-state index is 9.48. The molecule has 0 aliphatic rings. The van der Waals surface area contributed by atoms with Crippen molar-refractivity contribution in [2.24, 2.45) is 4.99 Å². The van der Waals surface area contributed by atoms with Gasteiger partial charge in [0.15, 0.2) is 5.96 Å². The topological polar surface area (TPSA) is 56.7 Å². The lowest BCUT2D eigenvalue weighted by molar-refractivity contribution is 0.474.